The molecule has 0 aromatic carbocycles. The summed E-state index contributed by atoms with van der Waals surface area (Å²) in [7, 11) is 0. The van der Waals surface area contributed by atoms with Crippen molar-refractivity contribution in [3.63, 3.8) is 0 Å². The maximum atomic E-state index is 11.0. The van der Waals surface area contributed by atoms with E-state index >= 15 is 0 Å². The summed E-state index contributed by atoms with van der Waals surface area (Å²) in [5, 5.41) is 11.2. The molecule has 0 spiro atoms. The lowest BCUT2D eigenvalue weighted by Crippen LogP contribution is -2.38. The molecule has 2 unspecified atom stereocenters. The van der Waals surface area contributed by atoms with E-state index < -0.39 is 4.92 Å². The highest BCUT2D eigenvalue weighted by Crippen LogP contribution is 2.30. The monoisotopic (exact) mass is 285 g/mol. The number of ether oxygens (including phenoxy) is 1. The topological polar surface area (TPSA) is 91.3 Å². The third-order valence-electron chi connectivity index (χ3n) is 3.26. The molecule has 104 valence electrons. The molecule has 0 bridgehead atoms. The van der Waals surface area contributed by atoms with Gasteiger partial charge < -0.3 is 10.5 Å². The summed E-state index contributed by atoms with van der Waals surface area (Å²) in [5.74, 6) is -0.00301. The Morgan fingerprint density at radius 3 is 2.89 bits per heavy atom. The molecule has 1 aliphatic carbocycles. The summed E-state index contributed by atoms with van der Waals surface area (Å²) in [6.45, 7) is 0. The Kier molecular flexibility index (Phi) is 4.55. The van der Waals surface area contributed by atoms with Gasteiger partial charge in [-0.05, 0) is 19.3 Å². The summed E-state index contributed by atoms with van der Waals surface area (Å²) in [5.41, 5.74) is 5.82. The maximum absolute atomic E-state index is 11.0. The summed E-state index contributed by atoms with van der Waals surface area (Å²) in [6.07, 6.45) is 5.97. The Labute approximate surface area is 116 Å². The van der Waals surface area contributed by atoms with E-state index in [1.54, 1.807) is 0 Å². The molecule has 1 heterocycles. The van der Waals surface area contributed by atoms with E-state index in [-0.39, 0.29) is 28.7 Å². The van der Waals surface area contributed by atoms with Gasteiger partial charge in [-0.1, -0.05) is 24.4 Å². The van der Waals surface area contributed by atoms with Gasteiger partial charge in [-0.25, -0.2) is 4.98 Å². The zero-order valence-corrected chi connectivity index (χ0v) is 11.2. The fourth-order valence-corrected chi connectivity index (χ4v) is 2.38. The minimum absolute atomic E-state index is 0.00301. The van der Waals surface area contributed by atoms with Crippen molar-refractivity contribution in [1.29, 1.82) is 0 Å². The minimum atomic E-state index is -0.545. The van der Waals surface area contributed by atoms with Crippen molar-refractivity contribution in [3.05, 3.63) is 27.4 Å². The third-order valence-corrected chi connectivity index (χ3v) is 3.47. The van der Waals surface area contributed by atoms with Gasteiger partial charge in [0.2, 0.25) is 0 Å². The normalized spacial score (nSPS) is 23.7. The number of hydrogen-bond donors (Lipinski definition) is 1. The van der Waals surface area contributed by atoms with Crippen LogP contribution in [0.3, 0.4) is 0 Å². The van der Waals surface area contributed by atoms with E-state index in [0.29, 0.717) is 0 Å². The highest BCUT2D eigenvalue weighted by atomic mass is 35.5. The smallest absolute Gasteiger partial charge is 0.332 e. The lowest BCUT2D eigenvalue weighted by molar-refractivity contribution is -0.386. The Morgan fingerprint density at radius 2 is 2.16 bits per heavy atom. The first kappa shape index (κ1) is 14.0. The highest BCUT2D eigenvalue weighted by Gasteiger charge is 2.26. The third kappa shape index (κ3) is 3.54. The SMILES string of the molecule is NC1CCCCCC1Oc1ncc(Cl)cc1[N+](=O)[O-]. The lowest BCUT2D eigenvalue weighted by Gasteiger charge is -2.21. The van der Waals surface area contributed by atoms with Crippen LogP contribution in [0.5, 0.6) is 5.88 Å². The van der Waals surface area contributed by atoms with Gasteiger partial charge in [0.15, 0.2) is 0 Å². The Balaban J connectivity index is 2.19. The van der Waals surface area contributed by atoms with E-state index in [4.69, 9.17) is 22.1 Å². The second-order valence-corrected chi connectivity index (χ2v) is 5.13. The predicted molar refractivity (Wildman–Crippen MR) is 71.4 cm³/mol. The maximum Gasteiger partial charge on any atom is 0.332 e. The molecule has 1 aromatic rings. The number of pyridine rings is 1. The predicted octanol–water partition coefficient (Wildman–Crippen LogP) is 2.68. The van der Waals surface area contributed by atoms with Crippen molar-refractivity contribution >= 4 is 17.3 Å². The van der Waals surface area contributed by atoms with Gasteiger partial charge in [-0.3, -0.25) is 10.1 Å². The standard InChI is InChI=1S/C12H16ClN3O3/c13-8-6-10(16(17)18)12(15-7-8)19-11-5-3-1-2-4-9(11)14/h6-7,9,11H,1-5,14H2. The van der Waals surface area contributed by atoms with Crippen molar-refractivity contribution in [2.45, 2.75) is 44.2 Å². The molecule has 1 fully saturated rings. The number of hydrogen-bond acceptors (Lipinski definition) is 5. The van der Waals surface area contributed by atoms with Gasteiger partial charge in [0.05, 0.1) is 16.1 Å². The average molecular weight is 286 g/mol. The number of aromatic nitrogens is 1. The molecule has 2 rings (SSSR count). The van der Waals surface area contributed by atoms with Crippen molar-refractivity contribution in [2.75, 3.05) is 0 Å². The zero-order valence-electron chi connectivity index (χ0n) is 10.4. The molecule has 1 aliphatic rings. The Bertz CT molecular complexity index is 470. The Morgan fingerprint density at radius 1 is 1.42 bits per heavy atom. The van der Waals surface area contributed by atoms with Crippen LogP contribution < -0.4 is 10.5 Å². The molecule has 2 atom stereocenters. The van der Waals surface area contributed by atoms with Gasteiger partial charge in [0, 0.05) is 12.1 Å². The summed E-state index contributed by atoms with van der Waals surface area (Å²) < 4.78 is 5.66. The summed E-state index contributed by atoms with van der Waals surface area (Å²) in [4.78, 5) is 14.3. The molecular weight excluding hydrogens is 270 g/mol. The first-order valence-electron chi connectivity index (χ1n) is 6.30. The van der Waals surface area contributed by atoms with E-state index in [9.17, 15) is 10.1 Å². The second-order valence-electron chi connectivity index (χ2n) is 4.69. The first-order chi connectivity index (χ1) is 9.08. The van der Waals surface area contributed by atoms with Gasteiger partial charge in [-0.15, -0.1) is 0 Å². The van der Waals surface area contributed by atoms with Crippen LogP contribution in [0.1, 0.15) is 32.1 Å². The zero-order chi connectivity index (χ0) is 13.8. The summed E-state index contributed by atoms with van der Waals surface area (Å²) >= 11 is 5.71. The van der Waals surface area contributed by atoms with Gasteiger partial charge >= 0.3 is 5.69 Å². The molecule has 0 saturated heterocycles. The van der Waals surface area contributed by atoms with Crippen molar-refractivity contribution in [3.8, 4) is 5.88 Å². The number of nitro groups is 1. The van der Waals surface area contributed by atoms with Gasteiger partial charge in [0.1, 0.15) is 6.10 Å². The summed E-state index contributed by atoms with van der Waals surface area (Å²) in [6, 6.07) is 1.13. The number of halogens is 1. The quantitative estimate of drug-likeness (QED) is 0.524. The van der Waals surface area contributed by atoms with Crippen LogP contribution >= 0.6 is 11.6 Å². The first-order valence-corrected chi connectivity index (χ1v) is 6.68. The van der Waals surface area contributed by atoms with E-state index in [1.807, 2.05) is 0 Å². The molecule has 1 aromatic heterocycles. The second kappa shape index (κ2) is 6.16. The lowest BCUT2D eigenvalue weighted by atomic mass is 10.1. The molecule has 6 nitrogen and oxygen atoms in total. The largest absolute Gasteiger partial charge is 0.468 e. The van der Waals surface area contributed by atoms with Crippen molar-refractivity contribution < 1.29 is 9.66 Å². The molecule has 0 aliphatic heterocycles. The fourth-order valence-electron chi connectivity index (χ4n) is 2.23. The molecule has 0 amide bonds. The number of nitrogens with zero attached hydrogens (tertiary/aromatic N) is 2. The van der Waals surface area contributed by atoms with Crippen molar-refractivity contribution in [1.82, 2.24) is 4.98 Å². The molecule has 7 heteroatoms. The van der Waals surface area contributed by atoms with Gasteiger partial charge in [-0.2, -0.15) is 0 Å². The van der Waals surface area contributed by atoms with Gasteiger partial charge in [0.25, 0.3) is 5.88 Å². The van der Waals surface area contributed by atoms with Crippen LogP contribution in [-0.4, -0.2) is 22.1 Å². The van der Waals surface area contributed by atoms with E-state index in [1.165, 1.54) is 12.3 Å². The van der Waals surface area contributed by atoms with Crippen LogP contribution in [0.15, 0.2) is 12.3 Å². The Hall–Kier alpha value is -1.40. The van der Waals surface area contributed by atoms with Crippen molar-refractivity contribution in [2.24, 2.45) is 5.73 Å². The van der Waals surface area contributed by atoms with Crippen LogP contribution in [0.2, 0.25) is 5.02 Å². The average Bonchev–Trinajstić information content (AvgIpc) is 2.57. The van der Waals surface area contributed by atoms with Crippen LogP contribution in [0.25, 0.3) is 0 Å². The highest BCUT2D eigenvalue weighted by molar-refractivity contribution is 6.30. The number of rotatable bonds is 3. The molecule has 2 N–H and O–H groups in total. The molecule has 19 heavy (non-hydrogen) atoms. The van der Waals surface area contributed by atoms with E-state index in [2.05, 4.69) is 4.98 Å². The fraction of sp³-hybridized carbons (Fsp3) is 0.583. The van der Waals surface area contributed by atoms with Crippen LogP contribution in [0.4, 0.5) is 5.69 Å². The van der Waals surface area contributed by atoms with Crippen LogP contribution in [0, 0.1) is 10.1 Å². The molecule has 1 saturated carbocycles. The van der Waals surface area contributed by atoms with Crippen LogP contribution in [-0.2, 0) is 0 Å². The minimum Gasteiger partial charge on any atom is -0.468 e. The molecule has 0 radical (unpaired) electrons. The van der Waals surface area contributed by atoms with E-state index in [0.717, 1.165) is 32.1 Å². The molecular formula is C12H16ClN3O3. The number of nitrogens with two attached hydrogens (primary N) is 1.